The molecule has 0 radical (unpaired) electrons. The largest absolute Gasteiger partial charge is 0.336 e. The monoisotopic (exact) mass is 409 g/mol. The van der Waals surface area contributed by atoms with Gasteiger partial charge in [0.05, 0.1) is 15.9 Å². The lowest BCUT2D eigenvalue weighted by Crippen LogP contribution is -1.84. The standard InChI is InChI=1S/C22H15N7S/c1-12-2-5-18(30-12)21-20-17(6-7-25-21)26-22(27-20)19-15-8-13(3-4-16(15)28-29-19)14-9-23-11-24-10-14/h2-11H,1H3,(H,26,27)(H,28,29). The number of H-pyrrole nitrogens is 2. The average Bonchev–Trinajstić information content (AvgIpc) is 3.51. The molecule has 6 aromatic rings. The molecule has 0 aliphatic rings. The molecule has 0 bridgehead atoms. The molecule has 0 saturated heterocycles. The lowest BCUT2D eigenvalue weighted by molar-refractivity contribution is 1.11. The minimum absolute atomic E-state index is 0.709. The summed E-state index contributed by atoms with van der Waals surface area (Å²) in [7, 11) is 0. The number of thiophene rings is 1. The van der Waals surface area contributed by atoms with Crippen molar-refractivity contribution in [2.75, 3.05) is 0 Å². The molecule has 0 aliphatic carbocycles. The Labute approximate surface area is 174 Å². The summed E-state index contributed by atoms with van der Waals surface area (Å²) in [5.74, 6) is 0.709. The third-order valence-electron chi connectivity index (χ3n) is 5.06. The highest BCUT2D eigenvalue weighted by atomic mass is 32.1. The molecule has 8 heteroatoms. The summed E-state index contributed by atoms with van der Waals surface area (Å²) >= 11 is 1.71. The Bertz CT molecular complexity index is 1510. The van der Waals surface area contributed by atoms with Gasteiger partial charge in [-0.1, -0.05) is 6.07 Å². The molecule has 0 saturated carbocycles. The first-order chi connectivity index (χ1) is 14.8. The molecule has 0 fully saturated rings. The summed E-state index contributed by atoms with van der Waals surface area (Å²) in [5, 5.41) is 8.62. The molecule has 7 nitrogen and oxygen atoms in total. The molecule has 6 rings (SSSR count). The van der Waals surface area contributed by atoms with Gasteiger partial charge in [0.15, 0.2) is 5.82 Å². The van der Waals surface area contributed by atoms with Crippen LogP contribution in [0, 0.1) is 6.92 Å². The number of aryl methyl sites for hydroxylation is 1. The van der Waals surface area contributed by atoms with Crippen LogP contribution in [0.5, 0.6) is 0 Å². The highest BCUT2D eigenvalue weighted by Gasteiger charge is 2.17. The first-order valence-corrected chi connectivity index (χ1v) is 10.2. The van der Waals surface area contributed by atoms with Crippen molar-refractivity contribution in [3.05, 3.63) is 66.2 Å². The van der Waals surface area contributed by atoms with Gasteiger partial charge in [-0.05, 0) is 42.8 Å². The van der Waals surface area contributed by atoms with E-state index in [4.69, 9.17) is 4.98 Å². The molecule has 0 amide bonds. The van der Waals surface area contributed by atoms with E-state index in [9.17, 15) is 0 Å². The number of nitrogens with one attached hydrogen (secondary N) is 2. The zero-order valence-corrected chi connectivity index (χ0v) is 16.7. The van der Waals surface area contributed by atoms with Gasteiger partial charge in [0, 0.05) is 34.4 Å². The zero-order valence-electron chi connectivity index (χ0n) is 15.9. The maximum Gasteiger partial charge on any atom is 0.159 e. The summed E-state index contributed by atoms with van der Waals surface area (Å²) in [6, 6.07) is 12.3. The topological polar surface area (TPSA) is 96.0 Å². The molecule has 5 heterocycles. The number of imidazole rings is 1. The van der Waals surface area contributed by atoms with Crippen molar-refractivity contribution in [2.24, 2.45) is 0 Å². The van der Waals surface area contributed by atoms with E-state index >= 15 is 0 Å². The van der Waals surface area contributed by atoms with E-state index in [0.717, 1.165) is 49.3 Å². The Kier molecular flexibility index (Phi) is 3.72. The number of hydrogen-bond donors (Lipinski definition) is 2. The van der Waals surface area contributed by atoms with Crippen LogP contribution >= 0.6 is 11.3 Å². The first-order valence-electron chi connectivity index (χ1n) is 9.42. The average molecular weight is 409 g/mol. The predicted molar refractivity (Wildman–Crippen MR) is 118 cm³/mol. The normalized spacial score (nSPS) is 11.5. The van der Waals surface area contributed by atoms with Gasteiger partial charge in [-0.15, -0.1) is 11.3 Å². The lowest BCUT2D eigenvalue weighted by Gasteiger charge is -2.01. The SMILES string of the molecule is Cc1ccc(-c2nccc3[nH]c(-c4n[nH]c5ccc(-c6cncnc6)cc45)nc23)s1. The van der Waals surface area contributed by atoms with Crippen LogP contribution in [0.25, 0.3) is 55.2 Å². The molecule has 0 unspecified atom stereocenters. The van der Waals surface area contributed by atoms with E-state index < -0.39 is 0 Å². The Morgan fingerprint density at radius 1 is 0.900 bits per heavy atom. The van der Waals surface area contributed by atoms with Crippen LogP contribution in [0.2, 0.25) is 0 Å². The second-order valence-electron chi connectivity index (χ2n) is 7.01. The van der Waals surface area contributed by atoms with Crippen molar-refractivity contribution in [3.63, 3.8) is 0 Å². The van der Waals surface area contributed by atoms with Gasteiger partial charge in [0.25, 0.3) is 0 Å². The molecule has 1 aromatic carbocycles. The Morgan fingerprint density at radius 3 is 2.63 bits per heavy atom. The van der Waals surface area contributed by atoms with E-state index in [0.29, 0.717) is 5.82 Å². The van der Waals surface area contributed by atoms with Crippen molar-refractivity contribution < 1.29 is 0 Å². The number of benzene rings is 1. The zero-order chi connectivity index (χ0) is 20.1. The van der Waals surface area contributed by atoms with Gasteiger partial charge >= 0.3 is 0 Å². The van der Waals surface area contributed by atoms with Crippen molar-refractivity contribution in [1.82, 2.24) is 35.1 Å². The Balaban J connectivity index is 1.52. The van der Waals surface area contributed by atoms with Crippen molar-refractivity contribution in [2.45, 2.75) is 6.92 Å². The van der Waals surface area contributed by atoms with E-state index in [1.54, 1.807) is 23.7 Å². The van der Waals surface area contributed by atoms with E-state index in [1.165, 1.54) is 11.2 Å². The maximum atomic E-state index is 4.87. The van der Waals surface area contributed by atoms with Gasteiger partial charge in [-0.3, -0.25) is 10.1 Å². The third kappa shape index (κ3) is 2.69. The van der Waals surface area contributed by atoms with Gasteiger partial charge < -0.3 is 4.98 Å². The van der Waals surface area contributed by atoms with Crippen LogP contribution in [0.3, 0.4) is 0 Å². The van der Waals surface area contributed by atoms with Crippen LogP contribution in [-0.4, -0.2) is 35.1 Å². The molecule has 0 spiro atoms. The molecule has 30 heavy (non-hydrogen) atoms. The summed E-state index contributed by atoms with van der Waals surface area (Å²) in [5.41, 5.74) is 6.36. The molecule has 0 aliphatic heterocycles. The molecular weight excluding hydrogens is 394 g/mol. The highest BCUT2D eigenvalue weighted by Crippen LogP contribution is 2.34. The second-order valence-corrected chi connectivity index (χ2v) is 8.30. The summed E-state index contributed by atoms with van der Waals surface area (Å²) < 4.78 is 0. The van der Waals surface area contributed by atoms with E-state index in [-0.39, 0.29) is 0 Å². The molecule has 144 valence electrons. The van der Waals surface area contributed by atoms with Crippen molar-refractivity contribution >= 4 is 33.3 Å². The van der Waals surface area contributed by atoms with Crippen LogP contribution in [0.15, 0.2) is 61.3 Å². The number of fused-ring (bicyclic) bond motifs is 2. The van der Waals surface area contributed by atoms with Crippen LogP contribution in [0.1, 0.15) is 4.88 Å². The number of pyridine rings is 1. The number of aromatic amines is 2. The number of aromatic nitrogens is 7. The smallest absolute Gasteiger partial charge is 0.159 e. The minimum Gasteiger partial charge on any atom is -0.336 e. The van der Waals surface area contributed by atoms with Gasteiger partial charge in [-0.2, -0.15) is 5.10 Å². The van der Waals surface area contributed by atoms with Crippen molar-refractivity contribution in [3.8, 4) is 33.2 Å². The minimum atomic E-state index is 0.709. The second kappa shape index (κ2) is 6.57. The molecule has 5 aromatic heterocycles. The van der Waals surface area contributed by atoms with E-state index in [1.807, 2.05) is 24.4 Å². The lowest BCUT2D eigenvalue weighted by atomic mass is 10.1. The van der Waals surface area contributed by atoms with Gasteiger partial charge in [0.2, 0.25) is 0 Å². The number of nitrogens with zero attached hydrogens (tertiary/aromatic N) is 5. The summed E-state index contributed by atoms with van der Waals surface area (Å²) in [6.07, 6.45) is 6.94. The number of rotatable bonds is 3. The fraction of sp³-hybridized carbons (Fsp3) is 0.0455. The fourth-order valence-corrected chi connectivity index (χ4v) is 4.48. The van der Waals surface area contributed by atoms with Crippen LogP contribution in [0.4, 0.5) is 0 Å². The van der Waals surface area contributed by atoms with Gasteiger partial charge in [0.1, 0.15) is 23.2 Å². The Hall–Kier alpha value is -3.91. The van der Waals surface area contributed by atoms with E-state index in [2.05, 4.69) is 55.3 Å². The molecular formula is C22H15N7S. The third-order valence-corrected chi connectivity index (χ3v) is 6.06. The molecule has 2 N–H and O–H groups in total. The predicted octanol–water partition coefficient (Wildman–Crippen LogP) is 5.00. The van der Waals surface area contributed by atoms with Gasteiger partial charge in [-0.25, -0.2) is 15.0 Å². The first kappa shape index (κ1) is 17.0. The summed E-state index contributed by atoms with van der Waals surface area (Å²) in [6.45, 7) is 2.09. The van der Waals surface area contributed by atoms with Crippen LogP contribution in [-0.2, 0) is 0 Å². The summed E-state index contributed by atoms with van der Waals surface area (Å²) in [4.78, 5) is 23.5. The quantitative estimate of drug-likeness (QED) is 0.429. The number of hydrogen-bond acceptors (Lipinski definition) is 6. The molecule has 0 atom stereocenters. The Morgan fingerprint density at radius 2 is 1.80 bits per heavy atom. The van der Waals surface area contributed by atoms with Crippen LogP contribution < -0.4 is 0 Å². The fourth-order valence-electron chi connectivity index (χ4n) is 3.61. The van der Waals surface area contributed by atoms with Crippen molar-refractivity contribution in [1.29, 1.82) is 0 Å². The highest BCUT2D eigenvalue weighted by molar-refractivity contribution is 7.15. The maximum absolute atomic E-state index is 4.87.